The number of aromatic nitrogens is 2. The van der Waals surface area contributed by atoms with Crippen molar-refractivity contribution in [3.8, 4) is 5.75 Å². The molecule has 1 aromatic heterocycles. The number of amides is 1. The van der Waals surface area contributed by atoms with Crippen LogP contribution in [0.3, 0.4) is 0 Å². The maximum absolute atomic E-state index is 13.4. The third-order valence-corrected chi connectivity index (χ3v) is 5.31. The smallest absolute Gasteiger partial charge is 0.318 e. The quantitative estimate of drug-likeness (QED) is 0.696. The topological polar surface area (TPSA) is 89.7 Å². The van der Waals surface area contributed by atoms with Gasteiger partial charge in [-0.15, -0.1) is 5.10 Å². The summed E-state index contributed by atoms with van der Waals surface area (Å²) in [5.74, 6) is 0.615. The van der Waals surface area contributed by atoms with Gasteiger partial charge in [0.2, 0.25) is 5.91 Å². The largest absolute Gasteiger partial charge is 0.484 e. The second-order valence-electron chi connectivity index (χ2n) is 7.52. The lowest BCUT2D eigenvalue weighted by molar-refractivity contribution is -0.131. The van der Waals surface area contributed by atoms with E-state index < -0.39 is 5.82 Å². The van der Waals surface area contributed by atoms with Crippen LogP contribution in [0, 0.1) is 11.7 Å². The minimum absolute atomic E-state index is 0.0131. The highest BCUT2D eigenvalue weighted by Gasteiger charge is 2.32. The van der Waals surface area contributed by atoms with Crippen molar-refractivity contribution in [1.82, 2.24) is 15.5 Å². The predicted octanol–water partition coefficient (Wildman–Crippen LogP) is 2.56. The first-order valence-electron chi connectivity index (χ1n) is 9.52. The number of carbonyl (C=O) groups excluding carboxylic acids is 1. The Morgan fingerprint density at radius 3 is 2.90 bits per heavy atom. The van der Waals surface area contributed by atoms with Crippen molar-refractivity contribution < 1.29 is 23.1 Å². The lowest BCUT2D eigenvalue weighted by atomic mass is 9.84. The summed E-state index contributed by atoms with van der Waals surface area (Å²) < 4.78 is 30.0. The summed E-state index contributed by atoms with van der Waals surface area (Å²) in [6.07, 6.45) is 2.28. The Kier molecular flexibility index (Phi) is 5.86. The van der Waals surface area contributed by atoms with Crippen molar-refractivity contribution in [2.75, 3.05) is 24.6 Å². The molecule has 4 rings (SSSR count). The molecule has 0 atom stereocenters. The second kappa shape index (κ2) is 8.54. The van der Waals surface area contributed by atoms with E-state index in [-0.39, 0.29) is 42.2 Å². The van der Waals surface area contributed by atoms with Crippen molar-refractivity contribution in [2.24, 2.45) is 5.92 Å². The molecular formula is C19H22ClFN4O4. The van der Waals surface area contributed by atoms with Crippen LogP contribution in [-0.2, 0) is 16.1 Å². The summed E-state index contributed by atoms with van der Waals surface area (Å²) in [7, 11) is 0. The number of rotatable bonds is 8. The van der Waals surface area contributed by atoms with Crippen LogP contribution >= 0.6 is 11.6 Å². The number of hydrogen-bond acceptors (Lipinski definition) is 7. The molecule has 0 unspecified atom stereocenters. The predicted molar refractivity (Wildman–Crippen MR) is 102 cm³/mol. The molecule has 1 saturated carbocycles. The number of ether oxygens (including phenoxy) is 2. The van der Waals surface area contributed by atoms with E-state index in [2.05, 4.69) is 22.4 Å². The van der Waals surface area contributed by atoms with Gasteiger partial charge in [0.15, 0.2) is 6.61 Å². The lowest BCUT2D eigenvalue weighted by Crippen LogP contribution is -2.60. The van der Waals surface area contributed by atoms with Crippen LogP contribution < -0.4 is 15.0 Å². The zero-order valence-corrected chi connectivity index (χ0v) is 16.7. The Labute approximate surface area is 172 Å². The van der Waals surface area contributed by atoms with E-state index in [0.29, 0.717) is 30.8 Å². The van der Waals surface area contributed by atoms with Gasteiger partial charge in [-0.2, -0.15) is 0 Å². The summed E-state index contributed by atoms with van der Waals surface area (Å²) in [4.78, 5) is 13.8. The molecule has 2 aliphatic rings. The molecule has 0 bridgehead atoms. The van der Waals surface area contributed by atoms with Crippen molar-refractivity contribution >= 4 is 23.5 Å². The van der Waals surface area contributed by atoms with E-state index in [0.717, 1.165) is 12.8 Å². The van der Waals surface area contributed by atoms with Gasteiger partial charge >= 0.3 is 6.01 Å². The number of nitrogens with one attached hydrogen (secondary N) is 1. The number of nitrogens with zero attached hydrogens (tertiary/aromatic N) is 3. The van der Waals surface area contributed by atoms with Crippen LogP contribution in [0.1, 0.15) is 25.7 Å². The number of hydrogen-bond donors (Lipinski definition) is 1. The molecular weight excluding hydrogens is 403 g/mol. The molecule has 29 heavy (non-hydrogen) atoms. The van der Waals surface area contributed by atoms with Crippen LogP contribution in [0.25, 0.3) is 0 Å². The van der Waals surface area contributed by atoms with Crippen LogP contribution in [0.15, 0.2) is 22.6 Å². The van der Waals surface area contributed by atoms with Crippen molar-refractivity contribution in [1.29, 1.82) is 0 Å². The van der Waals surface area contributed by atoms with E-state index in [1.165, 1.54) is 12.1 Å². The Morgan fingerprint density at radius 2 is 2.17 bits per heavy atom. The molecule has 2 aromatic rings. The number of benzene rings is 1. The maximum atomic E-state index is 13.4. The van der Waals surface area contributed by atoms with E-state index in [1.807, 2.05) is 4.90 Å². The van der Waals surface area contributed by atoms with Gasteiger partial charge < -0.3 is 24.1 Å². The van der Waals surface area contributed by atoms with Gasteiger partial charge in [-0.1, -0.05) is 23.6 Å². The Bertz CT molecular complexity index is 868. The number of carbonyl (C=O) groups is 1. The highest BCUT2D eigenvalue weighted by Crippen LogP contribution is 2.29. The fourth-order valence-electron chi connectivity index (χ4n) is 3.30. The van der Waals surface area contributed by atoms with Crippen LogP contribution in [0.4, 0.5) is 10.4 Å². The van der Waals surface area contributed by atoms with Gasteiger partial charge in [0, 0.05) is 19.2 Å². The SMILES string of the molecule is C[C@H]1C[C@@H](OCC(=O)NC2CN(c3nnc(COc4ccc(Cl)c(F)c4)o3)C2)C1. The van der Waals surface area contributed by atoms with Gasteiger partial charge in [0.05, 0.1) is 17.2 Å². The Hall–Kier alpha value is -2.39. The highest BCUT2D eigenvalue weighted by atomic mass is 35.5. The summed E-state index contributed by atoms with van der Waals surface area (Å²) in [6.45, 7) is 3.45. The monoisotopic (exact) mass is 424 g/mol. The van der Waals surface area contributed by atoms with Gasteiger partial charge in [-0.25, -0.2) is 4.39 Å². The van der Waals surface area contributed by atoms with Crippen molar-refractivity contribution in [3.05, 3.63) is 34.9 Å². The molecule has 1 saturated heterocycles. The zero-order valence-electron chi connectivity index (χ0n) is 15.9. The molecule has 10 heteroatoms. The minimum Gasteiger partial charge on any atom is -0.484 e. The van der Waals surface area contributed by atoms with Crippen LogP contribution in [-0.4, -0.2) is 47.9 Å². The molecule has 1 aliphatic heterocycles. The first-order valence-corrected chi connectivity index (χ1v) is 9.90. The minimum atomic E-state index is -0.559. The first-order chi connectivity index (χ1) is 14.0. The van der Waals surface area contributed by atoms with Gasteiger partial charge in [0.1, 0.15) is 18.2 Å². The van der Waals surface area contributed by atoms with E-state index in [1.54, 1.807) is 6.07 Å². The average molecular weight is 425 g/mol. The summed E-state index contributed by atoms with van der Waals surface area (Å²) >= 11 is 5.64. The maximum Gasteiger partial charge on any atom is 0.318 e. The molecule has 1 N–H and O–H groups in total. The standard InChI is InChI=1S/C19H22ClFN4O4/c1-11-4-14(5-11)27-9-17(26)22-12-7-25(8-12)19-24-23-18(29-19)10-28-13-2-3-15(20)16(21)6-13/h2-3,6,11-12,14H,4-5,7-10H2,1H3,(H,22,26)/t11-,14+. The zero-order chi connectivity index (χ0) is 20.4. The highest BCUT2D eigenvalue weighted by molar-refractivity contribution is 6.30. The molecule has 2 fully saturated rings. The molecule has 1 aromatic carbocycles. The average Bonchev–Trinajstić information content (AvgIpc) is 3.10. The fraction of sp³-hybridized carbons (Fsp3) is 0.526. The third kappa shape index (κ3) is 4.97. The van der Waals surface area contributed by atoms with E-state index in [4.69, 9.17) is 25.5 Å². The van der Waals surface area contributed by atoms with Gasteiger partial charge in [-0.3, -0.25) is 4.79 Å². The summed E-state index contributed by atoms with van der Waals surface area (Å²) in [6, 6.07) is 4.54. The van der Waals surface area contributed by atoms with Crippen LogP contribution in [0.5, 0.6) is 5.75 Å². The van der Waals surface area contributed by atoms with Crippen molar-refractivity contribution in [3.63, 3.8) is 0 Å². The first kappa shape index (κ1) is 19.9. The van der Waals surface area contributed by atoms with E-state index in [9.17, 15) is 9.18 Å². The Balaban J connectivity index is 1.17. The van der Waals surface area contributed by atoms with Crippen LogP contribution in [0.2, 0.25) is 5.02 Å². The third-order valence-electron chi connectivity index (χ3n) is 5.01. The molecule has 1 aliphatic carbocycles. The number of anilines is 1. The van der Waals surface area contributed by atoms with Crippen molar-refractivity contribution in [2.45, 2.75) is 38.5 Å². The summed E-state index contributed by atoms with van der Waals surface area (Å²) in [5, 5.41) is 10.9. The molecule has 0 spiro atoms. The normalized spacial score (nSPS) is 21.4. The molecule has 0 radical (unpaired) electrons. The molecule has 1 amide bonds. The lowest BCUT2D eigenvalue weighted by Gasteiger charge is -2.38. The number of halogens is 2. The Morgan fingerprint density at radius 1 is 1.38 bits per heavy atom. The molecule has 2 heterocycles. The second-order valence-corrected chi connectivity index (χ2v) is 7.93. The van der Waals surface area contributed by atoms with Gasteiger partial charge in [-0.05, 0) is 30.9 Å². The molecule has 8 nitrogen and oxygen atoms in total. The fourth-order valence-corrected chi connectivity index (χ4v) is 3.41. The summed E-state index contributed by atoms with van der Waals surface area (Å²) in [5.41, 5.74) is 0. The van der Waals surface area contributed by atoms with E-state index >= 15 is 0 Å². The molecule has 156 valence electrons. The van der Waals surface area contributed by atoms with Gasteiger partial charge in [0.25, 0.3) is 5.89 Å².